The number of rotatable bonds is 5. The second-order valence-electron chi connectivity index (χ2n) is 7.31. The second-order valence-corrected chi connectivity index (χ2v) is 7.72. The van der Waals surface area contributed by atoms with Gasteiger partial charge >= 0.3 is 6.03 Å². The number of urea groups is 1. The number of fused-ring (bicyclic) bond motifs is 1. The molecule has 1 aliphatic rings. The van der Waals surface area contributed by atoms with E-state index in [0.29, 0.717) is 36.1 Å². The average molecular weight is 458 g/mol. The van der Waals surface area contributed by atoms with Crippen LogP contribution < -0.4 is 10.6 Å². The van der Waals surface area contributed by atoms with E-state index < -0.39 is 11.9 Å². The molecule has 3 N–H and O–H groups in total. The van der Waals surface area contributed by atoms with E-state index in [1.807, 2.05) is 0 Å². The summed E-state index contributed by atoms with van der Waals surface area (Å²) in [6.45, 7) is 2.19. The fourth-order valence-corrected chi connectivity index (χ4v) is 3.57. The minimum Gasteiger partial charge on any atom is -0.394 e. The zero-order valence-electron chi connectivity index (χ0n) is 17.2. The number of carbonyl (C=O) groups is 1. The van der Waals surface area contributed by atoms with Crippen LogP contribution in [0.4, 0.5) is 21.0 Å². The first kappa shape index (κ1) is 21.8. The van der Waals surface area contributed by atoms with Crippen molar-refractivity contribution in [1.29, 1.82) is 0 Å². The van der Waals surface area contributed by atoms with E-state index in [0.717, 1.165) is 11.3 Å². The molecule has 2 amide bonds. The molecule has 1 aliphatic heterocycles. The van der Waals surface area contributed by atoms with Gasteiger partial charge in [-0.1, -0.05) is 17.7 Å². The smallest absolute Gasteiger partial charge is 0.318 e. The summed E-state index contributed by atoms with van der Waals surface area (Å²) < 4.78 is 13.4. The number of amides is 2. The molecule has 0 aliphatic carbocycles. The highest BCUT2D eigenvalue weighted by atomic mass is 35.5. The molecule has 166 valence electrons. The Hall–Kier alpha value is -3.37. The number of aliphatic hydroxyl groups excluding tert-OH is 1. The van der Waals surface area contributed by atoms with Crippen LogP contribution in [0.2, 0.25) is 5.02 Å². The van der Waals surface area contributed by atoms with Crippen LogP contribution in [0.1, 0.15) is 28.7 Å². The number of anilines is 2. The van der Waals surface area contributed by atoms with Gasteiger partial charge in [0.1, 0.15) is 17.5 Å². The van der Waals surface area contributed by atoms with Crippen molar-refractivity contribution in [3.63, 3.8) is 0 Å². The molecule has 32 heavy (non-hydrogen) atoms. The molecule has 0 spiro atoms. The highest BCUT2D eigenvalue weighted by Crippen LogP contribution is 2.23. The zero-order chi connectivity index (χ0) is 22.7. The lowest BCUT2D eigenvalue weighted by molar-refractivity contribution is 0.176. The highest BCUT2D eigenvalue weighted by Gasteiger charge is 2.25. The largest absolute Gasteiger partial charge is 0.394 e. The van der Waals surface area contributed by atoms with E-state index >= 15 is 0 Å². The topological polar surface area (TPSA) is 116 Å². The van der Waals surface area contributed by atoms with Gasteiger partial charge in [0.15, 0.2) is 0 Å². The summed E-state index contributed by atoms with van der Waals surface area (Å²) in [5.41, 5.74) is 2.20. The maximum Gasteiger partial charge on any atom is 0.318 e. The molecular formula is C21H21ClFN7O2. The number of nitrogens with one attached hydrogen (secondary N) is 2. The van der Waals surface area contributed by atoms with Crippen LogP contribution in [0.15, 0.2) is 36.7 Å². The molecule has 0 bridgehead atoms. The molecule has 0 unspecified atom stereocenters. The van der Waals surface area contributed by atoms with Crippen LogP contribution in [0.3, 0.4) is 0 Å². The molecule has 1 atom stereocenters. The van der Waals surface area contributed by atoms with Crippen molar-refractivity contribution in [2.75, 3.05) is 18.5 Å². The van der Waals surface area contributed by atoms with E-state index in [4.69, 9.17) is 11.6 Å². The lowest BCUT2D eigenvalue weighted by Crippen LogP contribution is -2.45. The van der Waals surface area contributed by atoms with Gasteiger partial charge in [-0.05, 0) is 42.7 Å². The van der Waals surface area contributed by atoms with Crippen LogP contribution in [-0.2, 0) is 13.0 Å². The maximum absolute atomic E-state index is 13.4. The van der Waals surface area contributed by atoms with Gasteiger partial charge in [-0.15, -0.1) is 0 Å². The molecule has 3 aromatic rings. The van der Waals surface area contributed by atoms with Gasteiger partial charge in [0.25, 0.3) is 0 Å². The summed E-state index contributed by atoms with van der Waals surface area (Å²) in [6.07, 6.45) is 3.98. The normalized spacial score (nSPS) is 13.9. The van der Waals surface area contributed by atoms with Crippen molar-refractivity contribution in [2.45, 2.75) is 25.9 Å². The third-order valence-electron chi connectivity index (χ3n) is 5.08. The van der Waals surface area contributed by atoms with Crippen molar-refractivity contribution >= 4 is 29.4 Å². The number of nitrogens with zero attached hydrogens (tertiary/aromatic N) is 5. The second kappa shape index (κ2) is 9.41. The number of aryl methyl sites for hydroxylation is 1. The van der Waals surface area contributed by atoms with Crippen LogP contribution >= 0.6 is 11.6 Å². The third-order valence-corrected chi connectivity index (χ3v) is 5.36. The van der Waals surface area contributed by atoms with Crippen LogP contribution in [0.5, 0.6) is 0 Å². The number of carbonyl (C=O) groups excluding carboxylic acids is 1. The van der Waals surface area contributed by atoms with Crippen molar-refractivity contribution in [3.05, 3.63) is 70.1 Å². The molecule has 2 aromatic heterocycles. The number of halogens is 2. The molecular weight excluding hydrogens is 437 g/mol. The summed E-state index contributed by atoms with van der Waals surface area (Å²) in [4.78, 5) is 31.6. The van der Waals surface area contributed by atoms with Gasteiger partial charge in [0, 0.05) is 18.9 Å². The minimum atomic E-state index is -0.717. The lowest BCUT2D eigenvalue weighted by Gasteiger charge is -2.30. The van der Waals surface area contributed by atoms with Gasteiger partial charge in [0.05, 0.1) is 29.9 Å². The first-order valence-corrected chi connectivity index (χ1v) is 10.3. The van der Waals surface area contributed by atoms with E-state index in [1.54, 1.807) is 30.3 Å². The van der Waals surface area contributed by atoms with Gasteiger partial charge < -0.3 is 20.6 Å². The molecule has 9 nitrogen and oxygen atoms in total. The third kappa shape index (κ3) is 4.92. The Morgan fingerprint density at radius 1 is 1.31 bits per heavy atom. The predicted octanol–water partition coefficient (Wildman–Crippen LogP) is 2.91. The Morgan fingerprint density at radius 3 is 2.91 bits per heavy atom. The predicted molar refractivity (Wildman–Crippen MR) is 116 cm³/mol. The molecule has 0 saturated carbocycles. The SMILES string of the molecule is Cc1nccc(Nc2ncc3c(n2)CN(C(=O)N[C@H](CO)c2ccc(F)c(Cl)c2)CC3)n1. The van der Waals surface area contributed by atoms with Crippen LogP contribution in [-0.4, -0.2) is 49.1 Å². The van der Waals surface area contributed by atoms with Crippen LogP contribution in [0.25, 0.3) is 0 Å². The summed E-state index contributed by atoms with van der Waals surface area (Å²) in [6, 6.07) is 4.71. The Balaban J connectivity index is 1.45. The van der Waals surface area contributed by atoms with E-state index in [9.17, 15) is 14.3 Å². The Labute approximate surface area is 188 Å². The van der Waals surface area contributed by atoms with Crippen LogP contribution in [0, 0.1) is 12.7 Å². The van der Waals surface area contributed by atoms with Crippen molar-refractivity contribution in [3.8, 4) is 0 Å². The first-order chi connectivity index (χ1) is 15.4. The summed E-state index contributed by atoms with van der Waals surface area (Å²) >= 11 is 5.83. The molecule has 11 heteroatoms. The lowest BCUT2D eigenvalue weighted by atomic mass is 10.1. The van der Waals surface area contributed by atoms with Gasteiger partial charge in [0.2, 0.25) is 5.95 Å². The van der Waals surface area contributed by atoms with E-state index in [1.165, 1.54) is 18.2 Å². The fourth-order valence-electron chi connectivity index (χ4n) is 3.38. The number of hydrogen-bond acceptors (Lipinski definition) is 7. The van der Waals surface area contributed by atoms with Gasteiger partial charge in [-0.3, -0.25) is 0 Å². The first-order valence-electron chi connectivity index (χ1n) is 9.95. The summed E-state index contributed by atoms with van der Waals surface area (Å²) in [5, 5.41) is 15.5. The fraction of sp³-hybridized carbons (Fsp3) is 0.286. The van der Waals surface area contributed by atoms with Crippen molar-refractivity contribution in [2.24, 2.45) is 0 Å². The number of aliphatic hydroxyl groups is 1. The Kier molecular flexibility index (Phi) is 6.42. The Morgan fingerprint density at radius 2 is 2.16 bits per heavy atom. The van der Waals surface area contributed by atoms with E-state index in [2.05, 4.69) is 30.6 Å². The van der Waals surface area contributed by atoms with Gasteiger partial charge in [-0.2, -0.15) is 0 Å². The maximum atomic E-state index is 13.4. The minimum absolute atomic E-state index is 0.0716. The number of benzene rings is 1. The summed E-state index contributed by atoms with van der Waals surface area (Å²) in [7, 11) is 0. The number of hydrogen-bond donors (Lipinski definition) is 3. The van der Waals surface area contributed by atoms with Crippen molar-refractivity contribution < 1.29 is 14.3 Å². The quantitative estimate of drug-likeness (QED) is 0.539. The van der Waals surface area contributed by atoms with Crippen molar-refractivity contribution in [1.82, 2.24) is 30.2 Å². The molecule has 1 aromatic carbocycles. The number of aromatic nitrogens is 4. The zero-order valence-corrected chi connectivity index (χ0v) is 18.0. The Bertz CT molecular complexity index is 1150. The molecule has 0 fully saturated rings. The van der Waals surface area contributed by atoms with Gasteiger partial charge in [-0.25, -0.2) is 29.1 Å². The molecule has 0 saturated heterocycles. The molecule has 3 heterocycles. The molecule has 4 rings (SSSR count). The standard InChI is InChI=1S/C21H21ClFN7O2/c1-12-24-6-4-19(26-12)29-20-25-9-14-5-7-30(10-17(14)27-20)21(32)28-18(11-31)13-2-3-16(23)15(22)8-13/h2-4,6,8-9,18,31H,5,7,10-11H2,1H3,(H,28,32)(H,24,25,26,27,29)/t18-/m1/s1. The summed E-state index contributed by atoms with van der Waals surface area (Å²) in [5.74, 6) is 1.01. The monoisotopic (exact) mass is 457 g/mol. The van der Waals surface area contributed by atoms with E-state index in [-0.39, 0.29) is 24.2 Å². The molecule has 0 radical (unpaired) electrons. The highest BCUT2D eigenvalue weighted by molar-refractivity contribution is 6.30. The average Bonchev–Trinajstić information content (AvgIpc) is 2.78.